The molecule has 0 spiro atoms. The first kappa shape index (κ1) is 13.6. The highest BCUT2D eigenvalue weighted by Crippen LogP contribution is 2.34. The van der Waals surface area contributed by atoms with Gasteiger partial charge in [0.1, 0.15) is 5.69 Å². The Morgan fingerprint density at radius 3 is 2.95 bits per heavy atom. The summed E-state index contributed by atoms with van der Waals surface area (Å²) in [5, 5.41) is 15.7. The van der Waals surface area contributed by atoms with Crippen molar-refractivity contribution in [2.24, 2.45) is 0 Å². The molecule has 2 aromatic rings. The second-order valence-corrected chi connectivity index (χ2v) is 5.43. The summed E-state index contributed by atoms with van der Waals surface area (Å²) < 4.78 is 1.95. The van der Waals surface area contributed by atoms with E-state index in [9.17, 15) is 10.1 Å². The molecule has 0 amide bonds. The minimum Gasteiger partial charge on any atom is -0.364 e. The zero-order valence-corrected chi connectivity index (χ0v) is 12.0. The Morgan fingerprint density at radius 2 is 2.24 bits per heavy atom. The number of nitro benzene ring substituents is 1. The lowest BCUT2D eigenvalue weighted by atomic mass is 10.0. The summed E-state index contributed by atoms with van der Waals surface area (Å²) in [6, 6.07) is 7.70. The fourth-order valence-corrected chi connectivity index (χ4v) is 3.02. The molecule has 1 aliphatic heterocycles. The third-order valence-corrected chi connectivity index (χ3v) is 4.04. The van der Waals surface area contributed by atoms with Crippen LogP contribution in [0.25, 0.3) is 0 Å². The van der Waals surface area contributed by atoms with Crippen molar-refractivity contribution >= 4 is 11.4 Å². The average Bonchev–Trinajstić information content (AvgIpc) is 3.01. The normalized spacial score (nSPS) is 18.7. The van der Waals surface area contributed by atoms with E-state index >= 15 is 0 Å². The molecule has 1 aromatic carbocycles. The number of piperidine rings is 1. The molecule has 1 aliphatic rings. The summed E-state index contributed by atoms with van der Waals surface area (Å²) in [5.41, 5.74) is 1.65. The van der Waals surface area contributed by atoms with E-state index in [0.29, 0.717) is 5.56 Å². The molecule has 21 heavy (non-hydrogen) atoms. The van der Waals surface area contributed by atoms with Gasteiger partial charge in [0.15, 0.2) is 0 Å². The van der Waals surface area contributed by atoms with Crippen LogP contribution in [0.1, 0.15) is 24.4 Å². The van der Waals surface area contributed by atoms with Crippen molar-refractivity contribution in [3.63, 3.8) is 0 Å². The predicted octanol–water partition coefficient (Wildman–Crippen LogP) is 2.94. The number of rotatable bonds is 3. The molecule has 3 rings (SSSR count). The fourth-order valence-electron chi connectivity index (χ4n) is 3.02. The van der Waals surface area contributed by atoms with Gasteiger partial charge in [-0.3, -0.25) is 14.8 Å². The Hall–Kier alpha value is -2.37. The van der Waals surface area contributed by atoms with Gasteiger partial charge < -0.3 is 4.90 Å². The highest BCUT2D eigenvalue weighted by atomic mass is 16.6. The van der Waals surface area contributed by atoms with Crippen LogP contribution in [-0.4, -0.2) is 27.8 Å². The Kier molecular flexibility index (Phi) is 3.60. The maximum Gasteiger partial charge on any atom is 0.295 e. The van der Waals surface area contributed by atoms with E-state index in [1.165, 1.54) is 0 Å². The molecule has 1 saturated heterocycles. The number of hydrogen-bond donors (Lipinski definition) is 0. The highest BCUT2D eigenvalue weighted by molar-refractivity contribution is 5.66. The molecule has 0 unspecified atom stereocenters. The maximum atomic E-state index is 11.4. The number of aryl methyl sites for hydroxylation is 1. The van der Waals surface area contributed by atoms with Gasteiger partial charge in [-0.25, -0.2) is 0 Å². The second kappa shape index (κ2) is 5.55. The van der Waals surface area contributed by atoms with Crippen LogP contribution in [0.4, 0.5) is 11.4 Å². The van der Waals surface area contributed by atoms with Crippen molar-refractivity contribution < 1.29 is 4.92 Å². The first-order valence-electron chi connectivity index (χ1n) is 7.15. The molecule has 0 radical (unpaired) electrons. The monoisotopic (exact) mass is 286 g/mol. The van der Waals surface area contributed by atoms with Gasteiger partial charge in [0, 0.05) is 31.0 Å². The zero-order chi connectivity index (χ0) is 14.8. The van der Waals surface area contributed by atoms with Gasteiger partial charge in [-0.1, -0.05) is 12.1 Å². The molecule has 0 bridgehead atoms. The highest BCUT2D eigenvalue weighted by Gasteiger charge is 2.27. The van der Waals surface area contributed by atoms with E-state index < -0.39 is 0 Å². The van der Waals surface area contributed by atoms with Gasteiger partial charge in [0.2, 0.25) is 0 Å². The van der Waals surface area contributed by atoms with E-state index in [4.69, 9.17) is 0 Å². The third kappa shape index (κ3) is 2.61. The number of anilines is 1. The fraction of sp³-hybridized carbons (Fsp3) is 0.400. The molecule has 0 N–H and O–H groups in total. The van der Waals surface area contributed by atoms with Crippen LogP contribution in [0.3, 0.4) is 0 Å². The van der Waals surface area contributed by atoms with Gasteiger partial charge >= 0.3 is 0 Å². The van der Waals surface area contributed by atoms with E-state index in [1.807, 2.05) is 29.1 Å². The molecule has 110 valence electrons. The number of aromatic nitrogens is 2. The van der Waals surface area contributed by atoms with Gasteiger partial charge in [0.05, 0.1) is 11.0 Å². The Labute approximate surface area is 123 Å². The summed E-state index contributed by atoms with van der Waals surface area (Å²) in [7, 11) is 0. The molecule has 1 atom stereocenters. The summed E-state index contributed by atoms with van der Waals surface area (Å²) in [5.74, 6) is 0. The van der Waals surface area contributed by atoms with Crippen LogP contribution in [0.2, 0.25) is 0 Å². The minimum absolute atomic E-state index is 0.221. The Morgan fingerprint density at radius 1 is 1.38 bits per heavy atom. The first-order valence-corrected chi connectivity index (χ1v) is 7.15. The van der Waals surface area contributed by atoms with Crippen molar-refractivity contribution in [2.45, 2.75) is 25.8 Å². The predicted molar refractivity (Wildman–Crippen MR) is 80.5 cm³/mol. The van der Waals surface area contributed by atoms with Gasteiger partial charge in [0.25, 0.3) is 5.69 Å². The molecule has 0 aliphatic carbocycles. The number of hydrogen-bond acceptors (Lipinski definition) is 4. The van der Waals surface area contributed by atoms with E-state index in [1.54, 1.807) is 19.2 Å². The van der Waals surface area contributed by atoms with Crippen LogP contribution in [0, 0.1) is 17.0 Å². The quantitative estimate of drug-likeness (QED) is 0.643. The molecule has 1 fully saturated rings. The molecule has 2 heterocycles. The molecule has 0 saturated carbocycles. The smallest absolute Gasteiger partial charge is 0.295 e. The Balaban J connectivity index is 1.90. The maximum absolute atomic E-state index is 11.4. The lowest BCUT2D eigenvalue weighted by molar-refractivity contribution is -0.384. The van der Waals surface area contributed by atoms with Crippen LogP contribution in [0.5, 0.6) is 0 Å². The van der Waals surface area contributed by atoms with Crippen molar-refractivity contribution in [3.8, 4) is 0 Å². The SMILES string of the molecule is Cc1cccc(N2CCC[C@H](n3cccn3)C2)c1[N+](=O)[O-]. The molecule has 6 heteroatoms. The topological polar surface area (TPSA) is 64.2 Å². The number of para-hydroxylation sites is 1. The van der Waals surface area contributed by atoms with E-state index in [2.05, 4.69) is 10.00 Å². The van der Waals surface area contributed by atoms with Crippen molar-refractivity contribution in [2.75, 3.05) is 18.0 Å². The largest absolute Gasteiger partial charge is 0.364 e. The average molecular weight is 286 g/mol. The van der Waals surface area contributed by atoms with Gasteiger partial charge in [-0.15, -0.1) is 0 Å². The van der Waals surface area contributed by atoms with Crippen LogP contribution in [-0.2, 0) is 0 Å². The van der Waals surface area contributed by atoms with E-state index in [-0.39, 0.29) is 16.7 Å². The summed E-state index contributed by atoms with van der Waals surface area (Å²) >= 11 is 0. The van der Waals surface area contributed by atoms with Crippen molar-refractivity contribution in [3.05, 3.63) is 52.3 Å². The van der Waals surface area contributed by atoms with Crippen molar-refractivity contribution in [1.29, 1.82) is 0 Å². The summed E-state index contributed by atoms with van der Waals surface area (Å²) in [4.78, 5) is 13.2. The lowest BCUT2D eigenvalue weighted by Crippen LogP contribution is -2.37. The zero-order valence-electron chi connectivity index (χ0n) is 12.0. The minimum atomic E-state index is -0.276. The van der Waals surface area contributed by atoms with Crippen molar-refractivity contribution in [1.82, 2.24) is 9.78 Å². The number of nitrogens with zero attached hydrogens (tertiary/aromatic N) is 4. The first-order chi connectivity index (χ1) is 10.2. The number of benzene rings is 1. The summed E-state index contributed by atoms with van der Waals surface area (Å²) in [6.07, 6.45) is 5.79. The Bertz CT molecular complexity index is 639. The van der Waals surface area contributed by atoms with E-state index in [0.717, 1.165) is 31.6 Å². The second-order valence-electron chi connectivity index (χ2n) is 5.43. The summed E-state index contributed by atoms with van der Waals surface area (Å²) in [6.45, 7) is 3.39. The third-order valence-electron chi connectivity index (χ3n) is 4.04. The molecular formula is C15H18N4O2. The van der Waals surface area contributed by atoms with Crippen LogP contribution < -0.4 is 4.90 Å². The molecule has 6 nitrogen and oxygen atoms in total. The standard InChI is InChI=1S/C15H18N4O2/c1-12-5-2-7-14(15(12)19(20)21)17-9-3-6-13(11-17)18-10-4-8-16-18/h2,4-5,7-8,10,13H,3,6,9,11H2,1H3/t13-/m0/s1. The lowest BCUT2D eigenvalue weighted by Gasteiger charge is -2.34. The van der Waals surface area contributed by atoms with Gasteiger partial charge in [-0.05, 0) is 31.9 Å². The van der Waals surface area contributed by atoms with Crippen LogP contribution in [0.15, 0.2) is 36.7 Å². The van der Waals surface area contributed by atoms with Gasteiger partial charge in [-0.2, -0.15) is 5.10 Å². The molecular weight excluding hydrogens is 268 g/mol. The van der Waals surface area contributed by atoms with Crippen LogP contribution >= 0.6 is 0 Å². The molecule has 1 aromatic heterocycles. The number of nitro groups is 1.